The van der Waals surface area contributed by atoms with Crippen molar-refractivity contribution >= 4 is 22.5 Å². The van der Waals surface area contributed by atoms with Crippen LogP contribution in [0.2, 0.25) is 0 Å². The van der Waals surface area contributed by atoms with E-state index in [2.05, 4.69) is 25.1 Å². The molecular weight excluding hydrogens is 230 g/mol. The van der Waals surface area contributed by atoms with Gasteiger partial charge < -0.3 is 0 Å². The molecule has 0 radical (unpaired) electrons. The average molecular weight is 248 g/mol. The number of hydrogen-bond acceptors (Lipinski definition) is 1. The maximum atomic E-state index is 6.01. The van der Waals surface area contributed by atoms with Gasteiger partial charge in [0.15, 0.2) is 0 Å². The molecule has 0 bridgehead atoms. The Kier molecular flexibility index (Phi) is 4.38. The van der Waals surface area contributed by atoms with Crippen LogP contribution in [0.5, 0.6) is 0 Å². The van der Waals surface area contributed by atoms with Gasteiger partial charge in [-0.15, -0.1) is 11.6 Å². The zero-order valence-corrected chi connectivity index (χ0v) is 11.0. The molecule has 0 aliphatic carbocycles. The Hall–Kier alpha value is -1.08. The number of nitrogens with zero attached hydrogens (tertiary/aromatic N) is 1. The first-order valence-electron chi connectivity index (χ1n) is 6.28. The van der Waals surface area contributed by atoms with E-state index in [9.17, 15) is 0 Å². The van der Waals surface area contributed by atoms with Gasteiger partial charge in [-0.3, -0.25) is 4.98 Å². The van der Waals surface area contributed by atoms with E-state index in [4.69, 9.17) is 16.6 Å². The summed E-state index contributed by atoms with van der Waals surface area (Å²) in [5.74, 6) is 0.555. The lowest BCUT2D eigenvalue weighted by Crippen LogP contribution is -1.97. The molecule has 0 aliphatic rings. The third-order valence-corrected chi connectivity index (χ3v) is 3.34. The summed E-state index contributed by atoms with van der Waals surface area (Å²) in [4.78, 5) is 4.73. The van der Waals surface area contributed by atoms with E-state index in [0.29, 0.717) is 5.88 Å². The maximum absolute atomic E-state index is 6.01. The average Bonchev–Trinajstić information content (AvgIpc) is 2.38. The van der Waals surface area contributed by atoms with Crippen molar-refractivity contribution < 1.29 is 0 Å². The number of aromatic nitrogens is 1. The molecule has 0 N–H and O–H groups in total. The molecule has 0 unspecified atom stereocenters. The highest BCUT2D eigenvalue weighted by atomic mass is 35.5. The zero-order chi connectivity index (χ0) is 12.1. The highest BCUT2D eigenvalue weighted by Crippen LogP contribution is 2.19. The summed E-state index contributed by atoms with van der Waals surface area (Å²) in [7, 11) is 0. The Morgan fingerprint density at radius 2 is 2.00 bits per heavy atom. The van der Waals surface area contributed by atoms with Crippen molar-refractivity contribution in [2.75, 3.05) is 0 Å². The largest absolute Gasteiger partial charge is 0.253 e. The summed E-state index contributed by atoms with van der Waals surface area (Å²) < 4.78 is 0. The molecule has 0 fully saturated rings. The summed E-state index contributed by atoms with van der Waals surface area (Å²) in [5.41, 5.74) is 3.43. The SMILES string of the molecule is CCCCCc1nc2ccccc2cc1CCl. The number of alkyl halides is 1. The lowest BCUT2D eigenvalue weighted by atomic mass is 10.1. The highest BCUT2D eigenvalue weighted by Gasteiger charge is 2.05. The number of para-hydroxylation sites is 1. The van der Waals surface area contributed by atoms with E-state index >= 15 is 0 Å². The van der Waals surface area contributed by atoms with Crippen LogP contribution in [0.15, 0.2) is 30.3 Å². The van der Waals surface area contributed by atoms with Gasteiger partial charge in [0.1, 0.15) is 0 Å². The predicted octanol–water partition coefficient (Wildman–Crippen LogP) is 4.71. The molecule has 2 aromatic rings. The van der Waals surface area contributed by atoms with Gasteiger partial charge in [0.2, 0.25) is 0 Å². The molecule has 0 spiro atoms. The summed E-state index contributed by atoms with van der Waals surface area (Å²) >= 11 is 6.01. The second kappa shape index (κ2) is 6.02. The molecule has 1 heterocycles. The van der Waals surface area contributed by atoms with Gasteiger partial charge in [0.25, 0.3) is 0 Å². The van der Waals surface area contributed by atoms with E-state index < -0.39 is 0 Å². The van der Waals surface area contributed by atoms with Gasteiger partial charge in [-0.25, -0.2) is 0 Å². The molecule has 0 aliphatic heterocycles. The van der Waals surface area contributed by atoms with Gasteiger partial charge in [-0.2, -0.15) is 0 Å². The van der Waals surface area contributed by atoms with Crippen molar-refractivity contribution in [3.63, 3.8) is 0 Å². The third kappa shape index (κ3) is 2.98. The van der Waals surface area contributed by atoms with Crippen LogP contribution in [0, 0.1) is 0 Å². The summed E-state index contributed by atoms with van der Waals surface area (Å²) in [6, 6.07) is 10.4. The van der Waals surface area contributed by atoms with Crippen molar-refractivity contribution in [2.45, 2.75) is 38.5 Å². The van der Waals surface area contributed by atoms with Crippen molar-refractivity contribution in [2.24, 2.45) is 0 Å². The lowest BCUT2D eigenvalue weighted by Gasteiger charge is -2.08. The quantitative estimate of drug-likeness (QED) is 0.551. The fraction of sp³-hybridized carbons (Fsp3) is 0.400. The van der Waals surface area contributed by atoms with Gasteiger partial charge >= 0.3 is 0 Å². The maximum Gasteiger partial charge on any atom is 0.0705 e. The first-order valence-corrected chi connectivity index (χ1v) is 6.82. The molecular formula is C15H18ClN. The van der Waals surface area contributed by atoms with Crippen molar-refractivity contribution in [3.8, 4) is 0 Å². The van der Waals surface area contributed by atoms with E-state index in [1.54, 1.807) is 0 Å². The van der Waals surface area contributed by atoms with Crippen LogP contribution in [-0.2, 0) is 12.3 Å². The van der Waals surface area contributed by atoms with Crippen LogP contribution in [0.4, 0.5) is 0 Å². The van der Waals surface area contributed by atoms with Gasteiger partial charge in [0.05, 0.1) is 5.52 Å². The van der Waals surface area contributed by atoms with E-state index in [1.165, 1.54) is 35.9 Å². The number of rotatable bonds is 5. The minimum Gasteiger partial charge on any atom is -0.253 e. The number of hydrogen-bond donors (Lipinski definition) is 0. The molecule has 0 atom stereocenters. The van der Waals surface area contributed by atoms with Gasteiger partial charge in [0, 0.05) is 17.0 Å². The number of halogens is 1. The Balaban J connectivity index is 2.32. The van der Waals surface area contributed by atoms with Crippen LogP contribution in [0.1, 0.15) is 37.4 Å². The number of unbranched alkanes of at least 4 members (excludes halogenated alkanes) is 2. The van der Waals surface area contributed by atoms with Crippen LogP contribution in [0.25, 0.3) is 10.9 Å². The van der Waals surface area contributed by atoms with Crippen molar-refractivity contribution in [1.29, 1.82) is 0 Å². The second-order valence-electron chi connectivity index (χ2n) is 4.38. The molecule has 1 nitrogen and oxygen atoms in total. The fourth-order valence-electron chi connectivity index (χ4n) is 2.07. The van der Waals surface area contributed by atoms with Crippen LogP contribution >= 0.6 is 11.6 Å². The monoisotopic (exact) mass is 247 g/mol. The fourth-order valence-corrected chi connectivity index (χ4v) is 2.31. The van der Waals surface area contributed by atoms with Crippen LogP contribution in [-0.4, -0.2) is 4.98 Å². The first kappa shape index (κ1) is 12.4. The van der Waals surface area contributed by atoms with E-state index in [0.717, 1.165) is 11.9 Å². The van der Waals surface area contributed by atoms with Gasteiger partial charge in [-0.05, 0) is 30.5 Å². The molecule has 0 saturated heterocycles. The first-order chi connectivity index (χ1) is 8.35. The Morgan fingerprint density at radius 3 is 2.76 bits per heavy atom. The number of aryl methyl sites for hydroxylation is 1. The zero-order valence-electron chi connectivity index (χ0n) is 10.2. The lowest BCUT2D eigenvalue weighted by molar-refractivity contribution is 0.706. The highest BCUT2D eigenvalue weighted by molar-refractivity contribution is 6.17. The molecule has 17 heavy (non-hydrogen) atoms. The summed E-state index contributed by atoms with van der Waals surface area (Å²) in [6.45, 7) is 2.22. The number of fused-ring (bicyclic) bond motifs is 1. The molecule has 90 valence electrons. The molecule has 0 saturated carbocycles. The van der Waals surface area contributed by atoms with Crippen molar-refractivity contribution in [3.05, 3.63) is 41.6 Å². The number of pyridine rings is 1. The van der Waals surface area contributed by atoms with Crippen LogP contribution < -0.4 is 0 Å². The van der Waals surface area contributed by atoms with Crippen LogP contribution in [0.3, 0.4) is 0 Å². The standard InChI is InChI=1S/C15H18ClN/c1-2-3-4-8-15-13(11-16)10-12-7-5-6-9-14(12)17-15/h5-7,9-10H,2-4,8,11H2,1H3. The molecule has 2 rings (SSSR count). The summed E-state index contributed by atoms with van der Waals surface area (Å²) in [6.07, 6.45) is 4.74. The minimum atomic E-state index is 0.555. The van der Waals surface area contributed by atoms with Crippen molar-refractivity contribution in [1.82, 2.24) is 4.98 Å². The Labute approximate surface area is 108 Å². The molecule has 2 heteroatoms. The van der Waals surface area contributed by atoms with E-state index in [1.807, 2.05) is 12.1 Å². The minimum absolute atomic E-state index is 0.555. The molecule has 0 amide bonds. The summed E-state index contributed by atoms with van der Waals surface area (Å²) in [5, 5.41) is 1.18. The third-order valence-electron chi connectivity index (χ3n) is 3.05. The second-order valence-corrected chi connectivity index (χ2v) is 4.64. The number of benzene rings is 1. The smallest absolute Gasteiger partial charge is 0.0705 e. The molecule has 1 aromatic heterocycles. The predicted molar refractivity (Wildman–Crippen MR) is 74.5 cm³/mol. The Bertz CT molecular complexity index is 493. The van der Waals surface area contributed by atoms with Gasteiger partial charge in [-0.1, -0.05) is 38.0 Å². The topological polar surface area (TPSA) is 12.9 Å². The normalized spacial score (nSPS) is 10.9. The Morgan fingerprint density at radius 1 is 1.18 bits per heavy atom. The van der Waals surface area contributed by atoms with E-state index in [-0.39, 0.29) is 0 Å². The molecule has 1 aromatic carbocycles.